The van der Waals surface area contributed by atoms with Crippen LogP contribution in [0, 0.1) is 12.3 Å². The second-order valence-electron chi connectivity index (χ2n) is 4.66. The molecule has 0 rings (SSSR count). The first-order valence-electron chi connectivity index (χ1n) is 6.54. The van der Waals surface area contributed by atoms with Gasteiger partial charge in [0.2, 0.25) is 0 Å². The van der Waals surface area contributed by atoms with Gasteiger partial charge in [-0.2, -0.15) is 0 Å². The fraction of sp³-hybridized carbons (Fsp3) is 0.929. The number of hydrogen-bond donors (Lipinski definition) is 0. The second-order valence-corrected chi connectivity index (χ2v) is 4.66. The van der Waals surface area contributed by atoms with Gasteiger partial charge in [-0.25, -0.2) is 0 Å². The Balaban J connectivity index is 4.11. The highest BCUT2D eigenvalue weighted by atomic mass is 14.3. The first kappa shape index (κ1) is 14.0. The molecule has 0 aliphatic carbocycles. The normalized spacial score (nSPS) is 12.0. The van der Waals surface area contributed by atoms with E-state index in [-0.39, 0.29) is 0 Å². The van der Waals surface area contributed by atoms with Crippen molar-refractivity contribution in [3.8, 4) is 0 Å². The van der Waals surface area contributed by atoms with Gasteiger partial charge in [0.15, 0.2) is 0 Å². The first-order chi connectivity index (χ1) is 6.74. The van der Waals surface area contributed by atoms with Gasteiger partial charge in [0.1, 0.15) is 0 Å². The summed E-state index contributed by atoms with van der Waals surface area (Å²) < 4.78 is 0. The smallest absolute Gasteiger partial charge is 0.0300 e. The number of unbranched alkanes of at least 4 members (excludes halogenated alkanes) is 2. The van der Waals surface area contributed by atoms with Gasteiger partial charge in [-0.15, -0.1) is 0 Å². The molecule has 0 nitrogen and oxygen atoms in total. The Kier molecular flexibility index (Phi) is 8.32. The molecular weight excluding hydrogens is 168 g/mol. The summed E-state index contributed by atoms with van der Waals surface area (Å²) >= 11 is 0. The van der Waals surface area contributed by atoms with Crippen molar-refractivity contribution >= 4 is 0 Å². The minimum Gasteiger partial charge on any atom is -0.0654 e. The van der Waals surface area contributed by atoms with Crippen LogP contribution in [0.4, 0.5) is 0 Å². The van der Waals surface area contributed by atoms with Gasteiger partial charge < -0.3 is 0 Å². The summed E-state index contributed by atoms with van der Waals surface area (Å²) in [5, 5.41) is 0. The van der Waals surface area contributed by atoms with E-state index >= 15 is 0 Å². The quantitative estimate of drug-likeness (QED) is 0.465. The minimum atomic E-state index is 0.655. The molecule has 0 aromatic carbocycles. The van der Waals surface area contributed by atoms with Crippen LogP contribution in [0.15, 0.2) is 0 Å². The van der Waals surface area contributed by atoms with E-state index in [4.69, 9.17) is 0 Å². The molecule has 85 valence electrons. The van der Waals surface area contributed by atoms with E-state index in [2.05, 4.69) is 27.7 Å². The zero-order valence-corrected chi connectivity index (χ0v) is 10.6. The molecule has 0 amide bonds. The van der Waals surface area contributed by atoms with E-state index in [1.165, 1.54) is 51.4 Å². The lowest BCUT2D eigenvalue weighted by molar-refractivity contribution is 0.195. The second kappa shape index (κ2) is 8.32. The predicted molar refractivity (Wildman–Crippen MR) is 66.4 cm³/mol. The molecule has 0 saturated heterocycles. The maximum atomic E-state index is 3.96. The number of rotatable bonds is 9. The average Bonchev–Trinajstić information content (AvgIpc) is 2.22. The third-order valence-corrected chi connectivity index (χ3v) is 3.55. The molecule has 0 N–H and O–H groups in total. The van der Waals surface area contributed by atoms with Crippen LogP contribution in [0.5, 0.6) is 0 Å². The lowest BCUT2D eigenvalue weighted by atomic mass is 9.73. The lowest BCUT2D eigenvalue weighted by Crippen LogP contribution is -2.19. The van der Waals surface area contributed by atoms with Crippen LogP contribution in [0.25, 0.3) is 0 Å². The van der Waals surface area contributed by atoms with Crippen molar-refractivity contribution in [2.45, 2.75) is 78.6 Å². The zero-order chi connectivity index (χ0) is 10.9. The van der Waals surface area contributed by atoms with Crippen LogP contribution >= 0.6 is 0 Å². The largest absolute Gasteiger partial charge is 0.0654 e. The molecule has 0 aliphatic heterocycles. The standard InChI is InChI=1S/C14H29/c1-5-9-12-14(8-4,11-7-3)13-10-6-2/h1,5-13H2,2-4H3. The van der Waals surface area contributed by atoms with E-state index in [1.54, 1.807) is 0 Å². The molecule has 0 heteroatoms. The summed E-state index contributed by atoms with van der Waals surface area (Å²) in [6.45, 7) is 11.0. The van der Waals surface area contributed by atoms with Crippen LogP contribution in [0.1, 0.15) is 78.6 Å². The molecule has 0 bridgehead atoms. The van der Waals surface area contributed by atoms with E-state index in [0.717, 1.165) is 6.42 Å². The molecular formula is C14H29. The molecule has 0 aromatic heterocycles. The molecule has 0 spiro atoms. The minimum absolute atomic E-state index is 0.655. The summed E-state index contributed by atoms with van der Waals surface area (Å²) in [5.74, 6) is 0. The van der Waals surface area contributed by atoms with E-state index in [0.29, 0.717) is 5.41 Å². The Morgan fingerprint density at radius 1 is 0.857 bits per heavy atom. The van der Waals surface area contributed by atoms with E-state index < -0.39 is 0 Å². The van der Waals surface area contributed by atoms with Crippen molar-refractivity contribution < 1.29 is 0 Å². The summed E-state index contributed by atoms with van der Waals surface area (Å²) in [7, 11) is 0. The van der Waals surface area contributed by atoms with Crippen LogP contribution < -0.4 is 0 Å². The molecule has 1 atom stereocenters. The molecule has 1 radical (unpaired) electrons. The molecule has 0 aliphatic rings. The van der Waals surface area contributed by atoms with Gasteiger partial charge in [0.05, 0.1) is 0 Å². The SMILES string of the molecule is [CH2]CCCC(CC)(CCC)CCCC. The fourth-order valence-corrected chi connectivity index (χ4v) is 2.49. The molecule has 0 aromatic rings. The fourth-order valence-electron chi connectivity index (χ4n) is 2.49. The lowest BCUT2D eigenvalue weighted by Gasteiger charge is -2.33. The third-order valence-electron chi connectivity index (χ3n) is 3.55. The van der Waals surface area contributed by atoms with Crippen molar-refractivity contribution in [2.75, 3.05) is 0 Å². The average molecular weight is 197 g/mol. The van der Waals surface area contributed by atoms with Crippen LogP contribution in [-0.2, 0) is 0 Å². The Morgan fingerprint density at radius 2 is 1.50 bits per heavy atom. The highest BCUT2D eigenvalue weighted by Gasteiger charge is 2.25. The Hall–Kier alpha value is 0. The molecule has 0 heterocycles. The van der Waals surface area contributed by atoms with Crippen molar-refractivity contribution in [3.05, 3.63) is 6.92 Å². The van der Waals surface area contributed by atoms with Crippen molar-refractivity contribution in [1.29, 1.82) is 0 Å². The van der Waals surface area contributed by atoms with E-state index in [1.807, 2.05) is 0 Å². The van der Waals surface area contributed by atoms with Gasteiger partial charge in [-0.3, -0.25) is 0 Å². The maximum Gasteiger partial charge on any atom is -0.0300 e. The predicted octanol–water partition coefficient (Wildman–Crippen LogP) is 5.38. The monoisotopic (exact) mass is 197 g/mol. The van der Waals surface area contributed by atoms with Crippen molar-refractivity contribution in [2.24, 2.45) is 5.41 Å². The molecule has 0 fully saturated rings. The summed E-state index contributed by atoms with van der Waals surface area (Å²) in [4.78, 5) is 0. The number of hydrogen-bond acceptors (Lipinski definition) is 0. The Morgan fingerprint density at radius 3 is 1.93 bits per heavy atom. The zero-order valence-electron chi connectivity index (χ0n) is 10.6. The Bertz CT molecular complexity index is 107. The summed E-state index contributed by atoms with van der Waals surface area (Å²) in [5.41, 5.74) is 0.655. The van der Waals surface area contributed by atoms with Gasteiger partial charge in [0, 0.05) is 0 Å². The molecule has 14 heavy (non-hydrogen) atoms. The first-order valence-corrected chi connectivity index (χ1v) is 6.54. The highest BCUT2D eigenvalue weighted by Crippen LogP contribution is 2.38. The van der Waals surface area contributed by atoms with Crippen molar-refractivity contribution in [1.82, 2.24) is 0 Å². The van der Waals surface area contributed by atoms with Crippen LogP contribution in [-0.4, -0.2) is 0 Å². The van der Waals surface area contributed by atoms with Gasteiger partial charge in [-0.1, -0.05) is 66.2 Å². The Labute approximate surface area is 91.5 Å². The molecule has 1 unspecified atom stereocenters. The summed E-state index contributed by atoms with van der Waals surface area (Å²) in [6, 6.07) is 0. The van der Waals surface area contributed by atoms with E-state index in [9.17, 15) is 0 Å². The van der Waals surface area contributed by atoms with Crippen LogP contribution in [0.2, 0.25) is 0 Å². The van der Waals surface area contributed by atoms with Crippen LogP contribution in [0.3, 0.4) is 0 Å². The van der Waals surface area contributed by atoms with Gasteiger partial charge >= 0.3 is 0 Å². The van der Waals surface area contributed by atoms with Gasteiger partial charge in [0.25, 0.3) is 0 Å². The summed E-state index contributed by atoms with van der Waals surface area (Å²) in [6.07, 6.45) is 12.1. The van der Waals surface area contributed by atoms with Gasteiger partial charge in [-0.05, 0) is 24.7 Å². The highest BCUT2D eigenvalue weighted by molar-refractivity contribution is 4.77. The third kappa shape index (κ3) is 5.02. The van der Waals surface area contributed by atoms with Crippen molar-refractivity contribution in [3.63, 3.8) is 0 Å². The topological polar surface area (TPSA) is 0 Å². The maximum absolute atomic E-state index is 3.96. The molecule has 0 saturated carbocycles.